The Bertz CT molecular complexity index is 778. The van der Waals surface area contributed by atoms with E-state index < -0.39 is 23.8 Å². The van der Waals surface area contributed by atoms with E-state index >= 15 is 0 Å². The Hall–Kier alpha value is -2.19. The first-order valence-corrected chi connectivity index (χ1v) is 12.6. The highest BCUT2D eigenvalue weighted by atomic mass is 16.6. The Balaban J connectivity index is 1.46. The maximum absolute atomic E-state index is 13.2. The lowest BCUT2D eigenvalue weighted by Gasteiger charge is -2.36. The van der Waals surface area contributed by atoms with Crippen LogP contribution in [0.25, 0.3) is 0 Å². The van der Waals surface area contributed by atoms with E-state index in [1.165, 1.54) is 0 Å². The molecule has 6 atom stereocenters. The number of carbonyl (C=O) groups excluding carboxylic acids is 3. The van der Waals surface area contributed by atoms with E-state index in [4.69, 9.17) is 23.7 Å². The van der Waals surface area contributed by atoms with Crippen LogP contribution in [0, 0.1) is 29.6 Å². The molecule has 0 aromatic heterocycles. The summed E-state index contributed by atoms with van der Waals surface area (Å²) in [5.74, 6) is -2.47. The molecule has 8 nitrogen and oxygen atoms in total. The Morgan fingerprint density at radius 1 is 0.912 bits per heavy atom. The fourth-order valence-electron chi connectivity index (χ4n) is 4.29. The number of allylic oxidation sites excluding steroid dienone is 3. The smallest absolute Gasteiger partial charge is 0.310 e. The van der Waals surface area contributed by atoms with Crippen molar-refractivity contribution in [1.29, 1.82) is 0 Å². The predicted octanol–water partition coefficient (Wildman–Crippen LogP) is 2.99. The maximum atomic E-state index is 13.2. The lowest BCUT2D eigenvalue weighted by molar-refractivity contribution is -0.165. The highest BCUT2D eigenvalue weighted by molar-refractivity contribution is 5.84. The zero-order valence-corrected chi connectivity index (χ0v) is 19.9. The van der Waals surface area contributed by atoms with Crippen LogP contribution >= 0.6 is 0 Å². The van der Waals surface area contributed by atoms with Gasteiger partial charge in [-0.1, -0.05) is 44.1 Å². The second-order valence-corrected chi connectivity index (χ2v) is 9.75. The molecule has 0 N–H and O–H groups in total. The maximum Gasteiger partial charge on any atom is 0.310 e. The summed E-state index contributed by atoms with van der Waals surface area (Å²) in [5, 5.41) is 0. The summed E-state index contributed by atoms with van der Waals surface area (Å²) in [5.41, 5.74) is 0. The average molecular weight is 477 g/mol. The summed E-state index contributed by atoms with van der Waals surface area (Å²) in [6.45, 7) is 4.12. The third kappa shape index (κ3) is 7.67. The SMILES string of the molecule is CCCCC1C=CC(/C=C/CC(=O)OCC2CC2)C(C(=O)OCC2CO2)C1C(=O)OCC1CO1. The summed E-state index contributed by atoms with van der Waals surface area (Å²) in [6, 6.07) is 0. The molecule has 3 fully saturated rings. The molecule has 4 rings (SSSR count). The number of rotatable bonds is 14. The van der Waals surface area contributed by atoms with Crippen LogP contribution in [0.1, 0.15) is 45.4 Å². The summed E-state index contributed by atoms with van der Waals surface area (Å²) in [6.07, 6.45) is 12.5. The number of carbonyl (C=O) groups is 3. The van der Waals surface area contributed by atoms with E-state index in [9.17, 15) is 14.4 Å². The van der Waals surface area contributed by atoms with E-state index in [1.807, 2.05) is 18.2 Å². The van der Waals surface area contributed by atoms with Gasteiger partial charge in [-0.25, -0.2) is 0 Å². The summed E-state index contributed by atoms with van der Waals surface area (Å²) < 4.78 is 26.7. The van der Waals surface area contributed by atoms with Crippen molar-refractivity contribution >= 4 is 17.9 Å². The molecule has 1 saturated carbocycles. The van der Waals surface area contributed by atoms with Gasteiger partial charge in [0.2, 0.25) is 0 Å². The van der Waals surface area contributed by atoms with Gasteiger partial charge in [-0.15, -0.1) is 0 Å². The zero-order chi connectivity index (χ0) is 23.9. The molecule has 6 unspecified atom stereocenters. The highest BCUT2D eigenvalue weighted by Gasteiger charge is 2.46. The fourth-order valence-corrected chi connectivity index (χ4v) is 4.29. The molecule has 0 amide bonds. The lowest BCUT2D eigenvalue weighted by atomic mass is 9.68. The van der Waals surface area contributed by atoms with Gasteiger partial charge in [0.25, 0.3) is 0 Å². The van der Waals surface area contributed by atoms with Gasteiger partial charge in [-0.2, -0.15) is 0 Å². The molecule has 2 heterocycles. The van der Waals surface area contributed by atoms with Crippen molar-refractivity contribution in [2.75, 3.05) is 33.0 Å². The minimum Gasteiger partial charge on any atom is -0.465 e. The summed E-state index contributed by atoms with van der Waals surface area (Å²) in [7, 11) is 0. The topological polar surface area (TPSA) is 104 Å². The van der Waals surface area contributed by atoms with Gasteiger partial charge in [0.15, 0.2) is 0 Å². The Morgan fingerprint density at radius 3 is 2.15 bits per heavy atom. The molecule has 0 aromatic carbocycles. The minimum absolute atomic E-state index is 0.0491. The molecular weight excluding hydrogens is 440 g/mol. The van der Waals surface area contributed by atoms with Crippen LogP contribution in [-0.2, 0) is 38.1 Å². The Morgan fingerprint density at radius 2 is 1.56 bits per heavy atom. The molecule has 2 saturated heterocycles. The van der Waals surface area contributed by atoms with Gasteiger partial charge in [0.05, 0.1) is 38.1 Å². The standard InChI is InChI=1S/C26H36O8/c1-2-3-5-18-10-11-19(6-4-7-22(27)32-12-17-8-9-17)24(26(29)34-16-21-14-31-21)23(18)25(28)33-15-20-13-30-20/h4,6,10-11,17-21,23-24H,2-3,5,7-9,12-16H2,1H3/b6-4+. The number of hydrogen-bond acceptors (Lipinski definition) is 8. The monoisotopic (exact) mass is 476 g/mol. The molecule has 34 heavy (non-hydrogen) atoms. The van der Waals surface area contributed by atoms with Crippen molar-refractivity contribution in [1.82, 2.24) is 0 Å². The molecule has 8 heteroatoms. The van der Waals surface area contributed by atoms with E-state index in [0.717, 1.165) is 32.1 Å². The first-order chi connectivity index (χ1) is 16.5. The molecule has 0 bridgehead atoms. The number of unbranched alkanes of at least 4 members (excludes halogenated alkanes) is 1. The van der Waals surface area contributed by atoms with Crippen LogP contribution in [-0.4, -0.2) is 63.2 Å². The largest absolute Gasteiger partial charge is 0.465 e. The molecule has 0 radical (unpaired) electrons. The average Bonchev–Trinajstić information content (AvgIpc) is 3.70. The van der Waals surface area contributed by atoms with Gasteiger partial charge in [-0.05, 0) is 31.1 Å². The van der Waals surface area contributed by atoms with E-state index in [2.05, 4.69) is 6.92 Å². The van der Waals surface area contributed by atoms with Crippen molar-refractivity contribution in [2.24, 2.45) is 29.6 Å². The quantitative estimate of drug-likeness (QED) is 0.163. The van der Waals surface area contributed by atoms with Crippen molar-refractivity contribution in [3.8, 4) is 0 Å². The van der Waals surface area contributed by atoms with Crippen molar-refractivity contribution in [3.05, 3.63) is 24.3 Å². The molecule has 0 spiro atoms. The van der Waals surface area contributed by atoms with E-state index in [1.54, 1.807) is 6.08 Å². The van der Waals surface area contributed by atoms with Crippen LogP contribution in [0.2, 0.25) is 0 Å². The van der Waals surface area contributed by atoms with Crippen LogP contribution in [0.4, 0.5) is 0 Å². The Labute approximate surface area is 201 Å². The van der Waals surface area contributed by atoms with Crippen molar-refractivity contribution < 1.29 is 38.1 Å². The second kappa shape index (κ2) is 12.0. The number of epoxide rings is 2. The predicted molar refractivity (Wildman–Crippen MR) is 121 cm³/mol. The zero-order valence-electron chi connectivity index (χ0n) is 19.9. The second-order valence-electron chi connectivity index (χ2n) is 9.75. The lowest BCUT2D eigenvalue weighted by Crippen LogP contribution is -2.43. The normalized spacial score (nSPS) is 31.8. The van der Waals surface area contributed by atoms with Crippen molar-refractivity contribution in [3.63, 3.8) is 0 Å². The van der Waals surface area contributed by atoms with Gasteiger partial charge in [-0.3, -0.25) is 14.4 Å². The van der Waals surface area contributed by atoms with E-state index in [0.29, 0.717) is 25.7 Å². The first kappa shape index (κ1) is 24.9. The van der Waals surface area contributed by atoms with Crippen LogP contribution < -0.4 is 0 Å². The third-order valence-electron chi connectivity index (χ3n) is 6.73. The molecule has 4 aliphatic rings. The highest BCUT2D eigenvalue weighted by Crippen LogP contribution is 2.40. The molecule has 188 valence electrons. The van der Waals surface area contributed by atoms with Crippen molar-refractivity contribution in [2.45, 2.75) is 57.7 Å². The number of ether oxygens (including phenoxy) is 5. The summed E-state index contributed by atoms with van der Waals surface area (Å²) >= 11 is 0. The van der Waals surface area contributed by atoms with E-state index in [-0.39, 0.29) is 49.6 Å². The minimum atomic E-state index is -0.725. The summed E-state index contributed by atoms with van der Waals surface area (Å²) in [4.78, 5) is 38.5. The van der Waals surface area contributed by atoms with Gasteiger partial charge in [0.1, 0.15) is 25.4 Å². The molecule has 2 aliphatic heterocycles. The number of esters is 3. The van der Waals surface area contributed by atoms with Gasteiger partial charge < -0.3 is 23.7 Å². The molecule has 2 aliphatic carbocycles. The number of hydrogen-bond donors (Lipinski definition) is 0. The Kier molecular flexibility index (Phi) is 8.78. The fraction of sp³-hybridized carbons (Fsp3) is 0.731. The van der Waals surface area contributed by atoms with Gasteiger partial charge in [0, 0.05) is 5.92 Å². The third-order valence-corrected chi connectivity index (χ3v) is 6.73. The van der Waals surface area contributed by atoms with Gasteiger partial charge >= 0.3 is 17.9 Å². The molecular formula is C26H36O8. The molecule has 0 aromatic rings. The van der Waals surface area contributed by atoms with Crippen LogP contribution in [0.5, 0.6) is 0 Å². The van der Waals surface area contributed by atoms with Crippen LogP contribution in [0.15, 0.2) is 24.3 Å². The first-order valence-electron chi connectivity index (χ1n) is 12.6. The van der Waals surface area contributed by atoms with Crippen LogP contribution in [0.3, 0.4) is 0 Å².